The molecule has 11 nitrogen and oxygen atoms in total. The molecule has 4 aromatic carbocycles. The maximum Gasteiger partial charge on any atom is 0.278 e. The number of anilines is 2. The van der Waals surface area contributed by atoms with Crippen molar-refractivity contribution in [3.63, 3.8) is 0 Å². The molecule has 2 unspecified atom stereocenters. The van der Waals surface area contributed by atoms with Gasteiger partial charge < -0.3 is 0 Å². The monoisotopic (exact) mass is 684 g/mol. The summed E-state index contributed by atoms with van der Waals surface area (Å²) < 4.78 is 37.8. The van der Waals surface area contributed by atoms with Crippen LogP contribution < -0.4 is 34.0 Å². The van der Waals surface area contributed by atoms with Crippen molar-refractivity contribution in [2.45, 2.75) is 26.6 Å². The maximum absolute atomic E-state index is 13.9. The van der Waals surface area contributed by atoms with E-state index in [1.807, 2.05) is 103 Å². The van der Waals surface area contributed by atoms with Gasteiger partial charge in [0.15, 0.2) is 6.17 Å². The third kappa shape index (κ3) is 6.75. The fourth-order valence-electron chi connectivity index (χ4n) is 6.00. The van der Waals surface area contributed by atoms with Crippen LogP contribution in [0.25, 0.3) is 22.8 Å². The van der Waals surface area contributed by atoms with Gasteiger partial charge in [-0.3, -0.25) is 14.4 Å². The number of nitrogens with one attached hydrogen (secondary N) is 1. The van der Waals surface area contributed by atoms with E-state index in [0.717, 1.165) is 50.3 Å². The van der Waals surface area contributed by atoms with Crippen LogP contribution in [0.2, 0.25) is 5.02 Å². The number of hydrogen-bond donors (Lipinski definition) is 1. The highest BCUT2D eigenvalue weighted by Crippen LogP contribution is 2.37. The fraction of sp³-hybridized carbons (Fsp3) is 0.114. The number of para-hydroxylation sites is 3. The second-order valence-corrected chi connectivity index (χ2v) is 12.1. The Morgan fingerprint density at radius 2 is 1.42 bits per heavy atom. The molecule has 0 bridgehead atoms. The minimum absolute atomic E-state index is 0.0542. The van der Waals surface area contributed by atoms with E-state index >= 15 is 0 Å². The quantitative estimate of drug-likeness (QED) is 0.279. The van der Waals surface area contributed by atoms with Crippen LogP contribution in [0.1, 0.15) is 18.2 Å². The van der Waals surface area contributed by atoms with Gasteiger partial charge in [0, 0.05) is 22.9 Å². The number of benzene rings is 4. The van der Waals surface area contributed by atoms with Crippen LogP contribution in [0.4, 0.5) is 23.0 Å². The molecular formula is C35H30Cl2N6O5. The van der Waals surface area contributed by atoms with Gasteiger partial charge in [-0.1, -0.05) is 66.2 Å². The maximum atomic E-state index is 13.9. The lowest BCUT2D eigenvalue weighted by atomic mass is 10.2. The van der Waals surface area contributed by atoms with Crippen LogP contribution in [0.5, 0.6) is 0 Å². The highest BCUT2D eigenvalue weighted by Gasteiger charge is 2.45. The molecule has 1 N–H and O–H groups in total. The Kier molecular flexibility index (Phi) is 9.45. The number of hydrogen-bond acceptors (Lipinski definition) is 8. The summed E-state index contributed by atoms with van der Waals surface area (Å²) in [5, 5.41) is 0.611. The summed E-state index contributed by atoms with van der Waals surface area (Å²) in [6.07, 6.45) is 3.80. The molecule has 2 atom stereocenters. The molecule has 2 aromatic heterocycles. The summed E-state index contributed by atoms with van der Waals surface area (Å²) in [7, 11) is -4.94. The number of rotatable bonds is 6. The van der Waals surface area contributed by atoms with Crippen molar-refractivity contribution in [1.82, 2.24) is 19.3 Å². The lowest BCUT2D eigenvalue weighted by Gasteiger charge is -2.25. The zero-order chi connectivity index (χ0) is 34.0. The minimum Gasteiger partial charge on any atom is -0.282 e. The van der Waals surface area contributed by atoms with Crippen LogP contribution in [-0.2, 0) is 6.54 Å². The lowest BCUT2D eigenvalue weighted by Crippen LogP contribution is -3.06. The van der Waals surface area contributed by atoms with Crippen molar-refractivity contribution in [3.05, 3.63) is 142 Å². The Balaban J connectivity index is 0.000000749. The molecule has 1 aliphatic heterocycles. The Hall–Kier alpha value is -4.85. The molecule has 0 fully saturated rings. The molecule has 6 aromatic rings. The van der Waals surface area contributed by atoms with Crippen LogP contribution in [0.15, 0.2) is 120 Å². The van der Waals surface area contributed by atoms with E-state index in [4.69, 9.17) is 40.2 Å². The van der Waals surface area contributed by atoms with E-state index in [1.165, 1.54) is 0 Å². The van der Waals surface area contributed by atoms with Gasteiger partial charge in [0.25, 0.3) is 11.4 Å². The van der Waals surface area contributed by atoms with Crippen molar-refractivity contribution in [2.75, 3.05) is 4.90 Å². The largest absolute Gasteiger partial charge is 0.282 e. The van der Waals surface area contributed by atoms with Crippen LogP contribution >= 0.6 is 11.6 Å². The highest BCUT2D eigenvalue weighted by atomic mass is 35.7. The van der Waals surface area contributed by atoms with Crippen LogP contribution in [-0.4, -0.2) is 25.5 Å². The number of fused-ring (bicyclic) bond motifs is 2. The van der Waals surface area contributed by atoms with Crippen molar-refractivity contribution in [3.8, 4) is 5.69 Å². The standard InChI is InChI=1S/C35H29ClN6O.ClHO4/c1-3-39-24(2)29(35(43)42(39)28-17-11-6-12-18-28)20-22-32-40(26-13-7-4-8-14-26)33-34(41(32)27-15-9-5-10-16-27)38-31-23-25(36)19-21-30(31)37-33;2-1(3,4)5/h4-23,32H,3H2,1-2H3;(H,2,3,4,5)/b22-20+;. The third-order valence-electron chi connectivity index (χ3n) is 7.97. The molecular weight excluding hydrogens is 655 g/mol. The zero-order valence-electron chi connectivity index (χ0n) is 25.9. The first-order chi connectivity index (χ1) is 23.0. The summed E-state index contributed by atoms with van der Waals surface area (Å²) in [5.74, 6) is 1.56. The number of quaternary nitrogens is 1. The van der Waals surface area contributed by atoms with Crippen LogP contribution in [0.3, 0.4) is 0 Å². The fourth-order valence-corrected chi connectivity index (χ4v) is 6.16. The van der Waals surface area contributed by atoms with Gasteiger partial charge in [-0.15, -0.1) is 10.2 Å². The summed E-state index contributed by atoms with van der Waals surface area (Å²) >= 11 is 6.36. The van der Waals surface area contributed by atoms with E-state index in [9.17, 15) is 4.79 Å². The summed E-state index contributed by atoms with van der Waals surface area (Å²) in [4.78, 5) is 27.4. The smallest absolute Gasteiger partial charge is 0.278 e. The van der Waals surface area contributed by atoms with Gasteiger partial charge in [-0.25, -0.2) is 33.2 Å². The predicted molar refractivity (Wildman–Crippen MR) is 173 cm³/mol. The van der Waals surface area contributed by atoms with Gasteiger partial charge >= 0.3 is 0 Å². The van der Waals surface area contributed by atoms with Gasteiger partial charge in [-0.2, -0.15) is 4.98 Å². The SMILES string of the molecule is CCn1c(C)c(/C=C/C2N(c3ccccc3)c3nc4cc(Cl)ccc4nc3[NH+]2c2ccccc2)c(=O)n1-c1ccccc1.[O-][Cl+3]([O-])([O-])[O-]. The number of aromatic nitrogens is 4. The number of halogens is 2. The first-order valence-corrected chi connectivity index (χ1v) is 16.6. The molecule has 0 aliphatic carbocycles. The third-order valence-corrected chi connectivity index (χ3v) is 8.21. The molecule has 0 radical (unpaired) electrons. The van der Waals surface area contributed by atoms with Gasteiger partial charge in [0.05, 0.1) is 22.3 Å². The van der Waals surface area contributed by atoms with Gasteiger partial charge in [0.2, 0.25) is 5.82 Å². The van der Waals surface area contributed by atoms with Crippen LogP contribution in [0, 0.1) is 17.2 Å². The Bertz CT molecular complexity index is 2130. The Morgan fingerprint density at radius 3 is 2.02 bits per heavy atom. The predicted octanol–water partition coefficient (Wildman–Crippen LogP) is 1.85. The van der Waals surface area contributed by atoms with E-state index in [-0.39, 0.29) is 11.7 Å². The van der Waals surface area contributed by atoms with Gasteiger partial charge in [-0.05, 0) is 80.6 Å². The topological polar surface area (TPSA) is 153 Å². The normalized spacial score (nSPS) is 15.9. The summed E-state index contributed by atoms with van der Waals surface area (Å²) in [6, 6.07) is 35.8. The second kappa shape index (κ2) is 13.7. The lowest BCUT2D eigenvalue weighted by molar-refractivity contribution is -2.00. The molecule has 0 amide bonds. The van der Waals surface area contributed by atoms with Crippen molar-refractivity contribution in [2.24, 2.45) is 0 Å². The molecule has 7 rings (SSSR count). The summed E-state index contributed by atoms with van der Waals surface area (Å²) in [6.45, 7) is 4.72. The van der Waals surface area contributed by atoms with Crippen molar-refractivity contribution in [1.29, 1.82) is 0 Å². The molecule has 3 heterocycles. The molecule has 0 saturated carbocycles. The molecule has 13 heteroatoms. The first-order valence-electron chi connectivity index (χ1n) is 15.0. The van der Waals surface area contributed by atoms with E-state index in [2.05, 4.69) is 42.2 Å². The zero-order valence-corrected chi connectivity index (χ0v) is 27.4. The Labute approximate surface area is 283 Å². The van der Waals surface area contributed by atoms with E-state index in [1.54, 1.807) is 4.68 Å². The van der Waals surface area contributed by atoms with E-state index in [0.29, 0.717) is 17.1 Å². The minimum atomic E-state index is -4.94. The molecule has 1 aliphatic rings. The highest BCUT2D eigenvalue weighted by molar-refractivity contribution is 6.31. The average molecular weight is 686 g/mol. The van der Waals surface area contributed by atoms with E-state index < -0.39 is 10.2 Å². The average Bonchev–Trinajstić information content (AvgIpc) is 3.51. The molecule has 0 spiro atoms. The molecule has 0 saturated heterocycles. The molecule has 48 heavy (non-hydrogen) atoms. The summed E-state index contributed by atoms with van der Waals surface area (Å²) in [5.41, 5.74) is 5.87. The van der Waals surface area contributed by atoms with Crippen molar-refractivity contribution < 1.29 is 33.8 Å². The van der Waals surface area contributed by atoms with Gasteiger partial charge in [0.1, 0.15) is 5.69 Å². The Morgan fingerprint density at radius 1 is 0.833 bits per heavy atom. The molecule has 244 valence electrons. The number of nitrogens with zero attached hydrogens (tertiary/aromatic N) is 5. The van der Waals surface area contributed by atoms with Crippen molar-refractivity contribution >= 4 is 51.7 Å². The second-order valence-electron chi connectivity index (χ2n) is 10.9. The first kappa shape index (κ1) is 33.1.